The summed E-state index contributed by atoms with van der Waals surface area (Å²) in [5.41, 5.74) is 35.5. The third-order valence-electron chi connectivity index (χ3n) is 26.9. The van der Waals surface area contributed by atoms with Crippen LogP contribution in [0, 0.1) is 70.0 Å². The van der Waals surface area contributed by atoms with Gasteiger partial charge in [-0.3, -0.25) is 77.7 Å². The molecule has 41 nitrogen and oxygen atoms in total. The van der Waals surface area contributed by atoms with Crippen LogP contribution in [0.4, 0.5) is 4.79 Å². The fraction of sp³-hybridized carbons (Fsp3) is 0.756. The first-order chi connectivity index (χ1) is 61.9. The Kier molecular flexibility index (Phi) is 44.2. The van der Waals surface area contributed by atoms with Crippen molar-refractivity contribution in [3.8, 4) is 0 Å². The van der Waals surface area contributed by atoms with E-state index >= 15 is 0 Å². The van der Waals surface area contributed by atoms with E-state index in [2.05, 4.69) is 130 Å². The number of hydrogen-bond donors (Lipinski definition) is 21. The number of fused-ring (bicyclic) bond motifs is 5. The highest BCUT2D eigenvalue weighted by Crippen LogP contribution is 2.67. The largest absolute Gasteiger partial charge is 0.481 e. The third-order valence-corrected chi connectivity index (χ3v) is 26.9. The van der Waals surface area contributed by atoms with Crippen molar-refractivity contribution in [2.75, 3.05) is 45.8 Å². The smallest absolute Gasteiger partial charge is 0.421 e. The number of unbranched alkanes of at least 4 members (excludes halogenated alkanes) is 1. The fourth-order valence-electron chi connectivity index (χ4n) is 19.6. The number of likely N-dealkylation sites (tertiary alicyclic amines) is 1. The number of carboxylic acids is 2. The molecule has 1 aliphatic heterocycles. The van der Waals surface area contributed by atoms with Gasteiger partial charge in [-0.15, -0.1) is 0 Å². The summed E-state index contributed by atoms with van der Waals surface area (Å²) in [6, 6.07) is -13.7. The predicted molar refractivity (Wildman–Crippen MR) is 491 cm³/mol. The van der Waals surface area contributed by atoms with E-state index in [0.29, 0.717) is 48.1 Å². The molecule has 5 aliphatic rings. The van der Waals surface area contributed by atoms with Gasteiger partial charge in [0.25, 0.3) is 0 Å². The van der Waals surface area contributed by atoms with Crippen LogP contribution in [0.25, 0.3) is 0 Å². The van der Waals surface area contributed by atoms with E-state index in [1.165, 1.54) is 63.0 Å². The maximum Gasteiger partial charge on any atom is 0.421 e. The molecule has 4 fully saturated rings. The average molecular weight is 1850 g/mol. The van der Waals surface area contributed by atoms with Crippen LogP contribution in [-0.2, 0) is 78.3 Å². The van der Waals surface area contributed by atoms with Crippen LogP contribution in [0.1, 0.15) is 250 Å². The number of hydrogen-bond acceptors (Lipinski definition) is 21. The van der Waals surface area contributed by atoms with Crippen LogP contribution in [-0.4, -0.2) is 238 Å². The lowest BCUT2D eigenvalue weighted by molar-refractivity contribution is -0.144. The maximum atomic E-state index is 14.8. The molecule has 41 heteroatoms. The maximum absolute atomic E-state index is 14.8. The zero-order valence-electron chi connectivity index (χ0n) is 79.1. The number of carboxylic acid groups (broad SMARTS) is 2. The molecular weight excluding hydrogens is 1690 g/mol. The molecule has 0 bridgehead atoms. The first-order valence-corrected chi connectivity index (χ1v) is 47.1. The number of nitrogens with zero attached hydrogens (tertiary/aromatic N) is 4. The molecule has 3 saturated carbocycles. The summed E-state index contributed by atoms with van der Waals surface area (Å²) in [7, 11) is 0. The standard InChI is InChI=1S/C90H153N23O18/c1-14-53(10)75(83(126)107-66(41-50(4)5)80(123)105-64(23-15-16-37-91)78(121)106-65(31-32-72(117)118)84(127)113-40-20-26-68(113)81(124)110-73(51(6)7)82(125)108-67(43-56-44-96-48-101-56)77(120)100-46-70(115)109-74(52(8)9)85(128)129)111-79(122)63(25-19-39-98-87(94)95)104-69(114)45-99-76(119)62(24-18-38-97-86(92)93)103-71(116)47-102-112-88(130)131-57-33-35-89(12)55(42-57)27-28-58-60-30-29-59(54(11)22-17-21-49(2)3)90(60,13)36-34-61(58)89/h27,44,48-54,57-68,73-75,102H,14-26,28-43,45-47,91H2,1-13H3,(H,96,101)(H,99,119)(H,100,120)(H,103,116)(H,104,114)(H,105,123)(H,106,121)(H,107,126)(H,108,125)(H,109,115)(H,110,124)(H,111,122)(H,112,130)(H,117,118)(H,128,129)(H4,92,93,97)(H4,94,95,98)/t53-,54+,57-,58-,59+,60-,61-,62-,63-,64-,65-,66-,67-,68-,73-,74-,75-,89-,90+/m0/s1. The number of guanidine groups is 2. The summed E-state index contributed by atoms with van der Waals surface area (Å²) < 4.78 is 5.94. The summed E-state index contributed by atoms with van der Waals surface area (Å²) in [6.07, 6.45) is 16.3. The van der Waals surface area contributed by atoms with E-state index in [0.717, 1.165) is 35.5 Å². The lowest BCUT2D eigenvalue weighted by Crippen LogP contribution is -2.61. The number of carbonyl (C=O) groups excluding carboxylic acids is 13. The van der Waals surface area contributed by atoms with Crippen molar-refractivity contribution in [2.24, 2.45) is 109 Å². The lowest BCUT2D eigenvalue weighted by atomic mass is 9.47. The van der Waals surface area contributed by atoms with Gasteiger partial charge in [0.05, 0.1) is 26.0 Å². The number of aromatic amines is 1. The summed E-state index contributed by atoms with van der Waals surface area (Å²) in [4.78, 5) is 224. The summed E-state index contributed by atoms with van der Waals surface area (Å²) >= 11 is 0. The van der Waals surface area contributed by atoms with Gasteiger partial charge in [0.1, 0.15) is 66.5 Å². The van der Waals surface area contributed by atoms with Crippen molar-refractivity contribution in [2.45, 2.75) is 317 Å². The molecule has 6 rings (SSSR count). The number of aliphatic carboxylic acids is 2. The third kappa shape index (κ3) is 33.8. The number of ether oxygens (including phenoxy) is 1. The minimum absolute atomic E-state index is 0.00525. The number of H-pyrrole nitrogens is 1. The number of imidazole rings is 1. The van der Waals surface area contributed by atoms with Crippen LogP contribution < -0.4 is 98.0 Å². The molecular formula is C90H153N23O18. The second-order valence-corrected chi connectivity index (χ2v) is 38.4. The van der Waals surface area contributed by atoms with Gasteiger partial charge in [0.15, 0.2) is 11.9 Å². The number of carbonyl (C=O) groups is 15. The van der Waals surface area contributed by atoms with Crippen LogP contribution in [0.5, 0.6) is 0 Å². The van der Waals surface area contributed by atoms with Crippen LogP contribution in [0.2, 0.25) is 0 Å². The second-order valence-electron chi connectivity index (χ2n) is 38.4. The Morgan fingerprint density at radius 1 is 0.573 bits per heavy atom. The number of amides is 13. The first-order valence-electron chi connectivity index (χ1n) is 47.1. The molecule has 0 radical (unpaired) electrons. The highest BCUT2D eigenvalue weighted by molar-refractivity contribution is 6.00. The Morgan fingerprint density at radius 3 is 1.73 bits per heavy atom. The van der Waals surface area contributed by atoms with Crippen molar-refractivity contribution in [1.29, 1.82) is 0 Å². The summed E-state index contributed by atoms with van der Waals surface area (Å²) in [5, 5.41) is 48.2. The normalized spacial score (nSPS) is 22.2. The quantitative estimate of drug-likeness (QED) is 0.0145. The van der Waals surface area contributed by atoms with Gasteiger partial charge < -0.3 is 112 Å². The van der Waals surface area contributed by atoms with Crippen molar-refractivity contribution in [3.63, 3.8) is 0 Å². The zero-order chi connectivity index (χ0) is 97.1. The Hall–Kier alpha value is -10.7. The number of rotatable bonds is 55. The number of aromatic nitrogens is 2. The number of nitrogens with one attached hydrogen (secondary N) is 14. The summed E-state index contributed by atoms with van der Waals surface area (Å²) in [5.74, 6) is -11.0. The van der Waals surface area contributed by atoms with Crippen molar-refractivity contribution < 1.29 is 86.9 Å². The van der Waals surface area contributed by atoms with E-state index in [9.17, 15) is 82.1 Å². The molecule has 19 atom stereocenters. The lowest BCUT2D eigenvalue weighted by Gasteiger charge is -2.58. The van der Waals surface area contributed by atoms with Gasteiger partial charge in [-0.2, -0.15) is 0 Å². The van der Waals surface area contributed by atoms with Gasteiger partial charge in [-0.05, 0) is 192 Å². The molecule has 26 N–H and O–H groups in total. The molecule has 0 aromatic carbocycles. The van der Waals surface area contributed by atoms with Crippen molar-refractivity contribution in [3.05, 3.63) is 29.9 Å². The van der Waals surface area contributed by atoms with Gasteiger partial charge >= 0.3 is 18.0 Å². The molecule has 131 heavy (non-hydrogen) atoms. The molecule has 2 heterocycles. The van der Waals surface area contributed by atoms with E-state index in [1.807, 2.05) is 0 Å². The fourth-order valence-corrected chi connectivity index (χ4v) is 19.6. The van der Waals surface area contributed by atoms with Gasteiger partial charge in [0, 0.05) is 50.8 Å². The highest BCUT2D eigenvalue weighted by Gasteiger charge is 2.60. The molecule has 0 unspecified atom stereocenters. The van der Waals surface area contributed by atoms with Gasteiger partial charge in [0.2, 0.25) is 70.9 Å². The van der Waals surface area contributed by atoms with E-state index in [1.54, 1.807) is 55.4 Å². The van der Waals surface area contributed by atoms with Gasteiger partial charge in [-0.1, -0.05) is 127 Å². The average Bonchev–Trinajstić information content (AvgIpc) is 1.63. The Balaban J connectivity index is 1.08. The molecule has 736 valence electrons. The molecule has 1 aromatic rings. The zero-order valence-corrected chi connectivity index (χ0v) is 79.1. The Labute approximate surface area is 769 Å². The van der Waals surface area contributed by atoms with Gasteiger partial charge in [-0.25, -0.2) is 20.0 Å². The summed E-state index contributed by atoms with van der Waals surface area (Å²) in [6.45, 7) is 23.8. The van der Waals surface area contributed by atoms with E-state index in [-0.39, 0.29) is 126 Å². The van der Waals surface area contributed by atoms with Crippen LogP contribution >= 0.6 is 0 Å². The Bertz CT molecular complexity index is 4100. The van der Waals surface area contributed by atoms with Crippen molar-refractivity contribution >= 4 is 101 Å². The topological polar surface area (TPSA) is 649 Å². The molecule has 1 saturated heterocycles. The van der Waals surface area contributed by atoms with E-state index < -0.39 is 200 Å². The molecule has 13 amide bonds. The van der Waals surface area contributed by atoms with Crippen LogP contribution in [0.15, 0.2) is 34.2 Å². The predicted octanol–water partition coefficient (Wildman–Crippen LogP) is 1.77. The first kappa shape index (κ1) is 109. The molecule has 0 spiro atoms. The number of nitrogens with two attached hydrogens (primary N) is 5. The number of hydrazine groups is 1. The van der Waals surface area contributed by atoms with Crippen molar-refractivity contribution in [1.82, 2.24) is 84.2 Å². The Morgan fingerprint density at radius 2 is 1.15 bits per heavy atom. The van der Waals surface area contributed by atoms with E-state index in [4.69, 9.17) is 33.4 Å². The minimum atomic E-state index is -1.61. The highest BCUT2D eigenvalue weighted by atomic mass is 16.6. The SMILES string of the molecule is CC[C@H](C)[C@H](NC(=O)[C@H](CCCN=C(N)N)NC(=O)CNC(=O)[C@H](CCCN=C(N)N)NC(=O)CNNC(=O)O[C@H]1CC[C@@]2(C)C(=CC[C@H]3[C@@H]4CC[C@H]([C@H](C)CCCC(C)C)[C@@]4(C)CC[C@@H]32)C1)C(=O)N[C@@H](CC(C)C)C(=O)N[C@@H](CCCCN)C(=O)N[C@@H](CCC(=O)O)C(=O)N1CCC[C@H]1C(=O)N[C@H](C(=O)N[C@@H](Cc1cnc[nH]1)C(=O)NCC(=O)N[C@H](C(=O)O)C(C)C)C(C)C. The van der Waals surface area contributed by atoms with Crippen LogP contribution in [0.3, 0.4) is 0 Å². The molecule has 1 aromatic heterocycles. The number of allylic oxidation sites excluding steroid dienone is 1. The number of aliphatic imine (C=N–C) groups is 2. The monoisotopic (exact) mass is 1840 g/mol. The second kappa shape index (κ2) is 53.1. The molecule has 4 aliphatic carbocycles. The minimum Gasteiger partial charge on any atom is -0.481 e.